The molecule has 1 aliphatic rings. The fourth-order valence-corrected chi connectivity index (χ4v) is 3.06. The molecule has 1 heterocycles. The van der Waals surface area contributed by atoms with Gasteiger partial charge in [0.1, 0.15) is 12.4 Å². The summed E-state index contributed by atoms with van der Waals surface area (Å²) in [6, 6.07) is 7.36. The topological polar surface area (TPSA) is 60.4 Å². The van der Waals surface area contributed by atoms with E-state index in [1.807, 2.05) is 41.1 Å². The van der Waals surface area contributed by atoms with Gasteiger partial charge >= 0.3 is 0 Å². The maximum atomic E-state index is 11.4. The van der Waals surface area contributed by atoms with Crippen molar-refractivity contribution in [1.82, 2.24) is 20.0 Å². The van der Waals surface area contributed by atoms with E-state index in [2.05, 4.69) is 15.2 Å². The van der Waals surface area contributed by atoms with E-state index in [1.165, 1.54) is 0 Å². The third-order valence-corrected chi connectivity index (χ3v) is 4.86. The molecule has 1 saturated heterocycles. The van der Waals surface area contributed by atoms with Crippen molar-refractivity contribution >= 4 is 47.4 Å². The summed E-state index contributed by atoms with van der Waals surface area (Å²) in [7, 11) is 3.77. The van der Waals surface area contributed by atoms with E-state index >= 15 is 0 Å². The maximum absolute atomic E-state index is 11.4. The number of aliphatic imine (C=N–C) groups is 1. The molecule has 1 aliphatic heterocycles. The fraction of sp³-hybridized carbons (Fsp3) is 0.579. The summed E-state index contributed by atoms with van der Waals surface area (Å²) in [6.07, 6.45) is 0. The molecular formula is C19H31ClIN5O2. The molecule has 0 saturated carbocycles. The number of benzene rings is 1. The van der Waals surface area contributed by atoms with Crippen molar-refractivity contribution in [3.05, 3.63) is 29.3 Å². The van der Waals surface area contributed by atoms with Gasteiger partial charge in [-0.1, -0.05) is 11.6 Å². The second-order valence-electron chi connectivity index (χ2n) is 6.55. The van der Waals surface area contributed by atoms with Gasteiger partial charge in [0, 0.05) is 65.3 Å². The molecule has 1 aromatic carbocycles. The lowest BCUT2D eigenvalue weighted by molar-refractivity contribution is -0.130. The lowest BCUT2D eigenvalue weighted by Gasteiger charge is -2.34. The first-order valence-corrected chi connectivity index (χ1v) is 9.65. The number of ether oxygens (including phenoxy) is 1. The molecule has 7 nitrogen and oxygen atoms in total. The number of nitrogens with one attached hydrogen (secondary N) is 1. The predicted molar refractivity (Wildman–Crippen MR) is 125 cm³/mol. The van der Waals surface area contributed by atoms with E-state index in [1.54, 1.807) is 14.0 Å². The fourth-order valence-electron chi connectivity index (χ4n) is 2.93. The molecule has 0 atom stereocenters. The second kappa shape index (κ2) is 13.1. The normalized spacial score (nSPS) is 15.0. The Morgan fingerprint density at radius 2 is 1.89 bits per heavy atom. The van der Waals surface area contributed by atoms with Crippen LogP contribution in [0, 0.1) is 0 Å². The lowest BCUT2D eigenvalue weighted by Crippen LogP contribution is -2.50. The van der Waals surface area contributed by atoms with Gasteiger partial charge in [0.2, 0.25) is 5.91 Å². The van der Waals surface area contributed by atoms with Gasteiger partial charge in [-0.25, -0.2) is 0 Å². The van der Waals surface area contributed by atoms with Crippen LogP contribution in [-0.2, 0) is 4.79 Å². The first-order valence-electron chi connectivity index (χ1n) is 9.27. The Hall–Kier alpha value is -1.26. The number of halogens is 2. The van der Waals surface area contributed by atoms with Crippen molar-refractivity contribution in [3.63, 3.8) is 0 Å². The van der Waals surface area contributed by atoms with Gasteiger partial charge in [0.15, 0.2) is 5.96 Å². The lowest BCUT2D eigenvalue weighted by atomic mass is 10.3. The van der Waals surface area contributed by atoms with E-state index in [0.717, 1.165) is 57.5 Å². The van der Waals surface area contributed by atoms with Crippen LogP contribution in [0.5, 0.6) is 5.75 Å². The summed E-state index contributed by atoms with van der Waals surface area (Å²) in [4.78, 5) is 22.0. The quantitative estimate of drug-likeness (QED) is 0.337. The van der Waals surface area contributed by atoms with Crippen molar-refractivity contribution < 1.29 is 9.53 Å². The standard InChI is InChI=1S/C19H30ClN5O2.HI/c1-16(26)25-12-10-24(11-13-25)9-8-22-19(21-2)23(3)14-15-27-18-6-4-17(20)5-7-18;/h4-7H,8-15H2,1-3H3,(H,21,22);1H. The molecule has 2 rings (SSSR count). The van der Waals surface area contributed by atoms with E-state index in [-0.39, 0.29) is 29.9 Å². The number of carbonyl (C=O) groups excluding carboxylic acids is 1. The van der Waals surface area contributed by atoms with E-state index in [9.17, 15) is 4.79 Å². The predicted octanol–water partition coefficient (Wildman–Crippen LogP) is 2.01. The first-order chi connectivity index (χ1) is 13.0. The van der Waals surface area contributed by atoms with Crippen LogP contribution in [0.2, 0.25) is 5.02 Å². The van der Waals surface area contributed by atoms with Crippen LogP contribution in [0.15, 0.2) is 29.3 Å². The highest BCUT2D eigenvalue weighted by atomic mass is 127. The molecule has 0 bridgehead atoms. The third-order valence-electron chi connectivity index (χ3n) is 4.61. The minimum Gasteiger partial charge on any atom is -0.492 e. The second-order valence-corrected chi connectivity index (χ2v) is 6.98. The highest BCUT2D eigenvalue weighted by molar-refractivity contribution is 14.0. The molecule has 1 fully saturated rings. The Bertz CT molecular complexity index is 621. The van der Waals surface area contributed by atoms with Gasteiger partial charge in [-0.3, -0.25) is 14.7 Å². The summed E-state index contributed by atoms with van der Waals surface area (Å²) < 4.78 is 5.73. The van der Waals surface area contributed by atoms with Crippen molar-refractivity contribution in [2.45, 2.75) is 6.92 Å². The molecule has 158 valence electrons. The number of guanidine groups is 1. The zero-order valence-electron chi connectivity index (χ0n) is 16.9. The molecule has 9 heteroatoms. The number of hydrogen-bond acceptors (Lipinski definition) is 4. The molecule has 0 aromatic heterocycles. The number of nitrogens with zero attached hydrogens (tertiary/aromatic N) is 4. The van der Waals surface area contributed by atoms with E-state index in [4.69, 9.17) is 16.3 Å². The van der Waals surface area contributed by atoms with Gasteiger partial charge < -0.3 is 19.9 Å². The highest BCUT2D eigenvalue weighted by Gasteiger charge is 2.18. The molecule has 0 radical (unpaired) electrons. The summed E-state index contributed by atoms with van der Waals surface area (Å²) in [6.45, 7) is 8.13. The molecule has 0 aliphatic carbocycles. The minimum absolute atomic E-state index is 0. The number of piperazine rings is 1. The van der Waals surface area contributed by atoms with Gasteiger partial charge in [0.25, 0.3) is 0 Å². The number of rotatable bonds is 7. The summed E-state index contributed by atoms with van der Waals surface area (Å²) >= 11 is 5.87. The first kappa shape index (κ1) is 24.8. The van der Waals surface area contributed by atoms with Crippen molar-refractivity contribution in [3.8, 4) is 5.75 Å². The number of likely N-dealkylation sites (N-methyl/N-ethyl adjacent to an activating group) is 1. The molecule has 1 amide bonds. The highest BCUT2D eigenvalue weighted by Crippen LogP contribution is 2.15. The Balaban J connectivity index is 0.00000392. The zero-order chi connectivity index (χ0) is 19.6. The molecule has 1 aromatic rings. The molecular weight excluding hydrogens is 493 g/mol. The van der Waals surface area contributed by atoms with Gasteiger partial charge in [0.05, 0.1) is 6.54 Å². The molecule has 1 N–H and O–H groups in total. The molecule has 0 spiro atoms. The largest absolute Gasteiger partial charge is 0.492 e. The van der Waals surface area contributed by atoms with Crippen LogP contribution in [0.25, 0.3) is 0 Å². The Labute approximate surface area is 190 Å². The Morgan fingerprint density at radius 1 is 1.25 bits per heavy atom. The third kappa shape index (κ3) is 8.40. The molecule has 0 unspecified atom stereocenters. The monoisotopic (exact) mass is 523 g/mol. The zero-order valence-corrected chi connectivity index (χ0v) is 19.9. The van der Waals surface area contributed by atoms with Gasteiger partial charge in [-0.2, -0.15) is 0 Å². The minimum atomic E-state index is 0. The van der Waals surface area contributed by atoms with Crippen LogP contribution in [0.1, 0.15) is 6.92 Å². The Kier molecular flexibility index (Phi) is 11.6. The number of hydrogen-bond donors (Lipinski definition) is 1. The van der Waals surface area contributed by atoms with E-state index in [0.29, 0.717) is 11.6 Å². The average Bonchev–Trinajstić information content (AvgIpc) is 2.67. The number of carbonyl (C=O) groups is 1. The van der Waals surface area contributed by atoms with Crippen LogP contribution in [0.3, 0.4) is 0 Å². The van der Waals surface area contributed by atoms with Crippen LogP contribution >= 0.6 is 35.6 Å². The van der Waals surface area contributed by atoms with Gasteiger partial charge in [-0.05, 0) is 24.3 Å². The molecule has 28 heavy (non-hydrogen) atoms. The van der Waals surface area contributed by atoms with Crippen LogP contribution in [0.4, 0.5) is 0 Å². The summed E-state index contributed by atoms with van der Waals surface area (Å²) in [5, 5.41) is 4.09. The average molecular weight is 524 g/mol. The maximum Gasteiger partial charge on any atom is 0.219 e. The summed E-state index contributed by atoms with van der Waals surface area (Å²) in [5.74, 6) is 1.81. The van der Waals surface area contributed by atoms with Crippen molar-refractivity contribution in [1.29, 1.82) is 0 Å². The SMILES string of the molecule is CN=C(NCCN1CCN(C(C)=O)CC1)N(C)CCOc1ccc(Cl)cc1.I. The van der Waals surface area contributed by atoms with Crippen LogP contribution in [-0.4, -0.2) is 93.1 Å². The number of amides is 1. The van der Waals surface area contributed by atoms with Crippen molar-refractivity contribution in [2.75, 3.05) is 66.5 Å². The summed E-state index contributed by atoms with van der Waals surface area (Å²) in [5.41, 5.74) is 0. The van der Waals surface area contributed by atoms with Crippen molar-refractivity contribution in [2.24, 2.45) is 4.99 Å². The smallest absolute Gasteiger partial charge is 0.219 e. The van der Waals surface area contributed by atoms with Gasteiger partial charge in [-0.15, -0.1) is 24.0 Å². The van der Waals surface area contributed by atoms with E-state index < -0.39 is 0 Å². The van der Waals surface area contributed by atoms with Crippen LogP contribution < -0.4 is 10.1 Å². The Morgan fingerprint density at radius 3 is 2.46 bits per heavy atom.